The summed E-state index contributed by atoms with van der Waals surface area (Å²) in [6, 6.07) is 1.45. The maximum Gasteiger partial charge on any atom is 0.0916 e. The van der Waals surface area contributed by atoms with E-state index in [-0.39, 0.29) is 9.68 Å². The Labute approximate surface area is 48.4 Å². The molecule has 0 spiro atoms. The third-order valence-electron chi connectivity index (χ3n) is 0.957. The molecule has 0 radical (unpaired) electrons. The van der Waals surface area contributed by atoms with Gasteiger partial charge < -0.3 is 4.98 Å². The standard InChI is InChI=1S/C5H15NSi/c1-3-5-7-6-4-2/h6H,3-5,7H2,1-2H3. The van der Waals surface area contributed by atoms with Gasteiger partial charge >= 0.3 is 0 Å². The molecular weight excluding hydrogens is 102 g/mol. The Hall–Kier alpha value is 0.177. The van der Waals surface area contributed by atoms with Gasteiger partial charge in [0, 0.05) is 0 Å². The fourth-order valence-electron chi connectivity index (χ4n) is 0.479. The largest absolute Gasteiger partial charge is 0.342 e. The zero-order chi connectivity index (χ0) is 5.54. The molecule has 0 aliphatic carbocycles. The first-order chi connectivity index (χ1) is 3.41. The van der Waals surface area contributed by atoms with Crippen molar-refractivity contribution in [2.24, 2.45) is 0 Å². The molecule has 0 amide bonds. The van der Waals surface area contributed by atoms with E-state index < -0.39 is 0 Å². The smallest absolute Gasteiger partial charge is 0.0916 e. The summed E-state index contributed by atoms with van der Waals surface area (Å²) in [4.78, 5) is 3.39. The second-order valence-electron chi connectivity index (χ2n) is 1.71. The lowest BCUT2D eigenvalue weighted by Gasteiger charge is -1.93. The molecular formula is C5H15NSi. The van der Waals surface area contributed by atoms with Gasteiger partial charge in [-0.05, 0) is 6.54 Å². The maximum absolute atomic E-state index is 3.39. The topological polar surface area (TPSA) is 12.0 Å². The molecule has 1 nitrogen and oxygen atoms in total. The highest BCUT2D eigenvalue weighted by Crippen LogP contribution is 1.80. The Morgan fingerprint density at radius 2 is 2.14 bits per heavy atom. The minimum atomic E-state index is 0.161. The predicted molar refractivity (Wildman–Crippen MR) is 37.3 cm³/mol. The van der Waals surface area contributed by atoms with Crippen molar-refractivity contribution >= 4 is 9.68 Å². The van der Waals surface area contributed by atoms with E-state index in [1.54, 1.807) is 0 Å². The molecule has 0 atom stereocenters. The van der Waals surface area contributed by atoms with Crippen LogP contribution in [0.25, 0.3) is 0 Å². The van der Waals surface area contributed by atoms with Crippen molar-refractivity contribution in [3.63, 3.8) is 0 Å². The van der Waals surface area contributed by atoms with Crippen molar-refractivity contribution in [2.75, 3.05) is 6.54 Å². The van der Waals surface area contributed by atoms with Gasteiger partial charge in [0.05, 0.1) is 9.68 Å². The van der Waals surface area contributed by atoms with E-state index in [1.165, 1.54) is 19.0 Å². The number of nitrogens with one attached hydrogen (secondary N) is 1. The van der Waals surface area contributed by atoms with Crippen LogP contribution >= 0.6 is 0 Å². The van der Waals surface area contributed by atoms with Crippen LogP contribution in [0.1, 0.15) is 20.3 Å². The van der Waals surface area contributed by atoms with E-state index in [4.69, 9.17) is 0 Å². The molecule has 0 fully saturated rings. The quantitative estimate of drug-likeness (QED) is 0.418. The van der Waals surface area contributed by atoms with Gasteiger partial charge in [-0.2, -0.15) is 0 Å². The summed E-state index contributed by atoms with van der Waals surface area (Å²) < 4.78 is 0. The van der Waals surface area contributed by atoms with Crippen LogP contribution in [0, 0.1) is 0 Å². The Balaban J connectivity index is 2.45. The SMILES string of the molecule is CCC[SiH2]NCC. The summed E-state index contributed by atoms with van der Waals surface area (Å²) in [5.41, 5.74) is 0. The second-order valence-corrected chi connectivity index (χ2v) is 3.41. The van der Waals surface area contributed by atoms with Gasteiger partial charge in [-0.15, -0.1) is 0 Å². The van der Waals surface area contributed by atoms with Crippen molar-refractivity contribution in [3.8, 4) is 0 Å². The van der Waals surface area contributed by atoms with Gasteiger partial charge in [0.25, 0.3) is 0 Å². The summed E-state index contributed by atoms with van der Waals surface area (Å²) in [6.45, 7) is 5.58. The van der Waals surface area contributed by atoms with E-state index in [2.05, 4.69) is 18.8 Å². The van der Waals surface area contributed by atoms with Crippen LogP contribution in [0.3, 0.4) is 0 Å². The van der Waals surface area contributed by atoms with Crippen LogP contribution in [-0.2, 0) is 0 Å². The third kappa shape index (κ3) is 6.18. The van der Waals surface area contributed by atoms with Crippen molar-refractivity contribution in [3.05, 3.63) is 0 Å². The fourth-order valence-corrected chi connectivity index (χ4v) is 1.44. The van der Waals surface area contributed by atoms with Crippen molar-refractivity contribution in [2.45, 2.75) is 26.3 Å². The first-order valence-corrected chi connectivity index (χ1v) is 4.83. The molecule has 0 bridgehead atoms. The molecule has 0 aliphatic heterocycles. The van der Waals surface area contributed by atoms with E-state index in [1.807, 2.05) is 0 Å². The monoisotopic (exact) mass is 117 g/mol. The highest BCUT2D eigenvalue weighted by molar-refractivity contribution is 6.31. The van der Waals surface area contributed by atoms with Crippen LogP contribution in [-0.4, -0.2) is 16.2 Å². The molecule has 2 heteroatoms. The molecule has 0 aromatic carbocycles. The van der Waals surface area contributed by atoms with E-state index >= 15 is 0 Å². The average molecular weight is 117 g/mol. The van der Waals surface area contributed by atoms with Gasteiger partial charge in [0.15, 0.2) is 0 Å². The molecule has 0 unspecified atom stereocenters. The first-order valence-electron chi connectivity index (χ1n) is 3.12. The first kappa shape index (κ1) is 7.18. The van der Waals surface area contributed by atoms with E-state index in [9.17, 15) is 0 Å². The highest BCUT2D eigenvalue weighted by Gasteiger charge is 1.79. The Morgan fingerprint density at radius 3 is 2.57 bits per heavy atom. The van der Waals surface area contributed by atoms with Gasteiger partial charge in [-0.1, -0.05) is 26.3 Å². The van der Waals surface area contributed by atoms with Crippen LogP contribution in [0.15, 0.2) is 0 Å². The van der Waals surface area contributed by atoms with Crippen LogP contribution in [0.5, 0.6) is 0 Å². The lowest BCUT2D eigenvalue weighted by molar-refractivity contribution is 0.969. The average Bonchev–Trinajstić information content (AvgIpc) is 1.69. The van der Waals surface area contributed by atoms with Gasteiger partial charge in [-0.3, -0.25) is 0 Å². The van der Waals surface area contributed by atoms with Crippen molar-refractivity contribution in [1.29, 1.82) is 0 Å². The summed E-state index contributed by atoms with van der Waals surface area (Å²) >= 11 is 0. The molecule has 7 heavy (non-hydrogen) atoms. The molecule has 0 aromatic rings. The zero-order valence-electron chi connectivity index (χ0n) is 5.33. The molecule has 0 saturated heterocycles. The molecule has 1 N–H and O–H groups in total. The summed E-state index contributed by atoms with van der Waals surface area (Å²) in [5, 5.41) is 0. The Kier molecular flexibility index (Phi) is 6.33. The molecule has 0 heterocycles. The Bertz CT molecular complexity index is 27.3. The van der Waals surface area contributed by atoms with E-state index in [0.29, 0.717) is 0 Å². The molecule has 44 valence electrons. The van der Waals surface area contributed by atoms with Gasteiger partial charge in [-0.25, -0.2) is 0 Å². The summed E-state index contributed by atoms with van der Waals surface area (Å²) in [5.74, 6) is 0. The number of hydrogen-bond donors (Lipinski definition) is 1. The van der Waals surface area contributed by atoms with Gasteiger partial charge in [0.1, 0.15) is 0 Å². The van der Waals surface area contributed by atoms with Gasteiger partial charge in [0.2, 0.25) is 0 Å². The van der Waals surface area contributed by atoms with Crippen LogP contribution < -0.4 is 4.98 Å². The van der Waals surface area contributed by atoms with Crippen LogP contribution in [0.4, 0.5) is 0 Å². The lowest BCUT2D eigenvalue weighted by Crippen LogP contribution is -2.17. The fraction of sp³-hybridized carbons (Fsp3) is 1.00. The lowest BCUT2D eigenvalue weighted by atomic mass is 10.6. The highest BCUT2D eigenvalue weighted by atomic mass is 28.2. The summed E-state index contributed by atoms with van der Waals surface area (Å²) in [6.07, 6.45) is 1.36. The molecule has 0 aromatic heterocycles. The number of hydrogen-bond acceptors (Lipinski definition) is 1. The minimum absolute atomic E-state index is 0.161. The van der Waals surface area contributed by atoms with E-state index in [0.717, 1.165) is 0 Å². The summed E-state index contributed by atoms with van der Waals surface area (Å²) in [7, 11) is 0.161. The number of rotatable bonds is 4. The third-order valence-corrected chi connectivity index (χ3v) is 2.87. The predicted octanol–water partition coefficient (Wildman–Crippen LogP) is 0.508. The maximum atomic E-state index is 3.39. The minimum Gasteiger partial charge on any atom is -0.342 e. The normalized spacial score (nSPS) is 11.1. The second kappa shape index (κ2) is 6.18. The zero-order valence-corrected chi connectivity index (χ0v) is 6.74. The molecule has 0 aliphatic rings. The van der Waals surface area contributed by atoms with Crippen LogP contribution in [0.2, 0.25) is 6.04 Å². The Morgan fingerprint density at radius 1 is 1.43 bits per heavy atom. The molecule has 0 rings (SSSR count). The molecule has 0 saturated carbocycles. The van der Waals surface area contributed by atoms with Crippen molar-refractivity contribution in [1.82, 2.24) is 4.98 Å². The van der Waals surface area contributed by atoms with Crippen molar-refractivity contribution < 1.29 is 0 Å².